The summed E-state index contributed by atoms with van der Waals surface area (Å²) in [5.41, 5.74) is 0.965. The van der Waals surface area contributed by atoms with Crippen LogP contribution in [0.25, 0.3) is 22.2 Å². The minimum absolute atomic E-state index is 0.0108. The molecule has 0 bridgehead atoms. The predicted octanol–water partition coefficient (Wildman–Crippen LogP) is 4.32. The maximum absolute atomic E-state index is 13.0. The minimum atomic E-state index is -0.544. The lowest BCUT2D eigenvalue weighted by Gasteiger charge is -2.04. The first kappa shape index (κ1) is 18.2. The molecule has 29 heavy (non-hydrogen) atoms. The molecule has 4 aromatic rings. The van der Waals surface area contributed by atoms with Crippen LogP contribution in [-0.2, 0) is 0 Å². The van der Waals surface area contributed by atoms with Crippen molar-refractivity contribution < 1.29 is 23.7 Å². The summed E-state index contributed by atoms with van der Waals surface area (Å²) >= 11 is 0. The summed E-state index contributed by atoms with van der Waals surface area (Å²) in [6.45, 7) is 0. The van der Waals surface area contributed by atoms with E-state index in [0.29, 0.717) is 28.5 Å². The Morgan fingerprint density at radius 3 is 2.69 bits per heavy atom. The molecule has 0 amide bonds. The van der Waals surface area contributed by atoms with Gasteiger partial charge in [-0.2, -0.15) is 0 Å². The van der Waals surface area contributed by atoms with Crippen LogP contribution in [0.3, 0.4) is 0 Å². The third-order valence-electron chi connectivity index (χ3n) is 4.57. The van der Waals surface area contributed by atoms with E-state index in [1.165, 1.54) is 42.1 Å². The molecule has 0 aliphatic heterocycles. The quantitative estimate of drug-likeness (QED) is 0.285. The summed E-state index contributed by atoms with van der Waals surface area (Å²) in [6, 6.07) is 14.3. The molecule has 0 saturated heterocycles. The lowest BCUT2D eigenvalue weighted by molar-refractivity contribution is -0.384. The molecule has 8 heteroatoms. The van der Waals surface area contributed by atoms with Crippen molar-refractivity contribution >= 4 is 28.8 Å². The maximum atomic E-state index is 13.0. The maximum Gasteiger partial charge on any atom is 0.298 e. The van der Waals surface area contributed by atoms with Gasteiger partial charge in [-0.3, -0.25) is 24.3 Å². The van der Waals surface area contributed by atoms with Gasteiger partial charge < -0.3 is 9.15 Å². The number of carbonyl (C=O) groups excluding carboxylic acids is 2. The van der Waals surface area contributed by atoms with E-state index in [4.69, 9.17) is 9.15 Å². The Morgan fingerprint density at radius 2 is 1.97 bits per heavy atom. The summed E-state index contributed by atoms with van der Waals surface area (Å²) in [5.74, 6) is 0.0123. The van der Waals surface area contributed by atoms with Crippen molar-refractivity contribution in [2.45, 2.75) is 0 Å². The van der Waals surface area contributed by atoms with E-state index in [-0.39, 0.29) is 22.8 Å². The standard InChI is InChI=1S/C21H14N2O6/c1-28-14-6-7-16(18(10-14)23(26)27)19-8-9-20(29-19)21(25)22-11-13(12-24)15-4-2-3-5-17(15)22/h2-12H,1H3. The number of methoxy groups -OCH3 is 1. The summed E-state index contributed by atoms with van der Waals surface area (Å²) in [6.07, 6.45) is 2.12. The van der Waals surface area contributed by atoms with Gasteiger partial charge in [0.2, 0.25) is 0 Å². The van der Waals surface area contributed by atoms with E-state index in [9.17, 15) is 19.7 Å². The molecule has 4 rings (SSSR count). The first-order valence-electron chi connectivity index (χ1n) is 8.56. The van der Waals surface area contributed by atoms with Crippen LogP contribution in [-0.4, -0.2) is 28.8 Å². The van der Waals surface area contributed by atoms with Crippen molar-refractivity contribution in [1.82, 2.24) is 4.57 Å². The number of hydrogen-bond donors (Lipinski definition) is 0. The Kier molecular flexibility index (Phi) is 4.44. The highest BCUT2D eigenvalue weighted by molar-refractivity contribution is 6.06. The molecule has 0 aliphatic carbocycles. The third-order valence-corrected chi connectivity index (χ3v) is 4.57. The van der Waals surface area contributed by atoms with Crippen LogP contribution in [0, 0.1) is 10.1 Å². The highest BCUT2D eigenvalue weighted by Crippen LogP contribution is 2.34. The van der Waals surface area contributed by atoms with Crippen molar-refractivity contribution in [3.05, 3.63) is 82.2 Å². The largest absolute Gasteiger partial charge is 0.497 e. The molecule has 2 aromatic heterocycles. The Hall–Kier alpha value is -4.20. The van der Waals surface area contributed by atoms with Gasteiger partial charge in [-0.25, -0.2) is 0 Å². The number of aromatic nitrogens is 1. The number of nitro benzene ring substituents is 1. The fourth-order valence-corrected chi connectivity index (χ4v) is 3.18. The zero-order chi connectivity index (χ0) is 20.5. The number of ether oxygens (including phenoxy) is 1. The molecule has 0 unspecified atom stereocenters. The van der Waals surface area contributed by atoms with E-state index in [0.717, 1.165) is 0 Å². The van der Waals surface area contributed by atoms with Crippen LogP contribution in [0.5, 0.6) is 5.75 Å². The van der Waals surface area contributed by atoms with Crippen molar-refractivity contribution in [3.63, 3.8) is 0 Å². The zero-order valence-corrected chi connectivity index (χ0v) is 15.2. The highest BCUT2D eigenvalue weighted by Gasteiger charge is 2.22. The van der Waals surface area contributed by atoms with E-state index >= 15 is 0 Å². The summed E-state index contributed by atoms with van der Waals surface area (Å²) in [7, 11) is 1.41. The van der Waals surface area contributed by atoms with Crippen molar-refractivity contribution in [2.75, 3.05) is 7.11 Å². The van der Waals surface area contributed by atoms with Crippen LogP contribution in [0.2, 0.25) is 0 Å². The van der Waals surface area contributed by atoms with Crippen molar-refractivity contribution in [1.29, 1.82) is 0 Å². The monoisotopic (exact) mass is 390 g/mol. The number of fused-ring (bicyclic) bond motifs is 1. The van der Waals surface area contributed by atoms with Crippen LogP contribution in [0.1, 0.15) is 20.9 Å². The van der Waals surface area contributed by atoms with Gasteiger partial charge in [0, 0.05) is 17.1 Å². The van der Waals surface area contributed by atoms with Crippen LogP contribution >= 0.6 is 0 Å². The normalized spacial score (nSPS) is 10.8. The Labute approximate surface area is 164 Å². The fraction of sp³-hybridized carbons (Fsp3) is 0.0476. The second kappa shape index (κ2) is 7.08. The van der Waals surface area contributed by atoms with Gasteiger partial charge >= 0.3 is 0 Å². The van der Waals surface area contributed by atoms with Gasteiger partial charge in [-0.1, -0.05) is 18.2 Å². The number of carbonyl (C=O) groups is 2. The van der Waals surface area contributed by atoms with E-state index in [1.54, 1.807) is 30.3 Å². The molecule has 0 fully saturated rings. The third kappa shape index (κ3) is 3.06. The first-order chi connectivity index (χ1) is 14.0. The van der Waals surface area contributed by atoms with Gasteiger partial charge in [0.15, 0.2) is 12.0 Å². The average molecular weight is 390 g/mol. The first-order valence-corrected chi connectivity index (χ1v) is 8.56. The molecule has 0 spiro atoms. The molecule has 0 N–H and O–H groups in total. The molecule has 8 nitrogen and oxygen atoms in total. The van der Waals surface area contributed by atoms with Gasteiger partial charge in [0.1, 0.15) is 11.5 Å². The topological polar surface area (TPSA) is 105 Å². The summed E-state index contributed by atoms with van der Waals surface area (Å²) < 4.78 is 12.0. The van der Waals surface area contributed by atoms with E-state index in [1.807, 2.05) is 0 Å². The predicted molar refractivity (Wildman–Crippen MR) is 104 cm³/mol. The number of nitro groups is 1. The second-order valence-electron chi connectivity index (χ2n) is 6.20. The minimum Gasteiger partial charge on any atom is -0.497 e. The van der Waals surface area contributed by atoms with E-state index in [2.05, 4.69) is 0 Å². The lowest BCUT2D eigenvalue weighted by atomic mass is 10.1. The molecular formula is C21H14N2O6. The number of para-hydroxylation sites is 1. The summed E-state index contributed by atoms with van der Waals surface area (Å²) in [5, 5.41) is 12.1. The molecule has 0 aliphatic rings. The number of rotatable bonds is 5. The Morgan fingerprint density at radius 1 is 1.17 bits per heavy atom. The Bertz CT molecular complexity index is 1270. The van der Waals surface area contributed by atoms with Crippen LogP contribution in [0.15, 0.2) is 65.2 Å². The SMILES string of the molecule is COc1ccc(-c2ccc(C(=O)n3cc(C=O)c4ccccc43)o2)c([N+](=O)[O-])c1. The van der Waals surface area contributed by atoms with Crippen molar-refractivity contribution in [2.24, 2.45) is 0 Å². The highest BCUT2D eigenvalue weighted by atomic mass is 16.6. The van der Waals surface area contributed by atoms with Crippen LogP contribution < -0.4 is 4.74 Å². The van der Waals surface area contributed by atoms with Gasteiger partial charge in [-0.15, -0.1) is 0 Å². The summed E-state index contributed by atoms with van der Waals surface area (Å²) in [4.78, 5) is 35.1. The Balaban J connectivity index is 1.77. The van der Waals surface area contributed by atoms with Crippen LogP contribution in [0.4, 0.5) is 5.69 Å². The smallest absolute Gasteiger partial charge is 0.298 e. The molecule has 0 radical (unpaired) electrons. The number of benzene rings is 2. The van der Waals surface area contributed by atoms with E-state index < -0.39 is 10.8 Å². The molecule has 144 valence electrons. The molecule has 2 aromatic carbocycles. The fourth-order valence-electron chi connectivity index (χ4n) is 3.18. The second-order valence-corrected chi connectivity index (χ2v) is 6.20. The van der Waals surface area contributed by atoms with Crippen molar-refractivity contribution in [3.8, 4) is 17.1 Å². The van der Waals surface area contributed by atoms with Gasteiger partial charge in [-0.05, 0) is 30.3 Å². The number of hydrogen-bond acceptors (Lipinski definition) is 6. The average Bonchev–Trinajstić information content (AvgIpc) is 3.38. The number of furan rings is 1. The lowest BCUT2D eigenvalue weighted by Crippen LogP contribution is -2.09. The number of nitrogens with zero attached hydrogens (tertiary/aromatic N) is 2. The zero-order valence-electron chi connectivity index (χ0n) is 15.2. The molecule has 0 atom stereocenters. The van der Waals surface area contributed by atoms with Gasteiger partial charge in [0.25, 0.3) is 11.6 Å². The molecule has 0 saturated carbocycles. The van der Waals surface area contributed by atoms with Gasteiger partial charge in [0.05, 0.1) is 29.2 Å². The molecule has 2 heterocycles. The number of aldehydes is 1. The molecular weight excluding hydrogens is 376 g/mol.